The predicted octanol–water partition coefficient (Wildman–Crippen LogP) is 8.53. The molecule has 4 amide bonds. The Hall–Kier alpha value is -5.77. The summed E-state index contributed by atoms with van der Waals surface area (Å²) in [6.45, 7) is 15.7. The number of piperidine rings is 1. The van der Waals surface area contributed by atoms with E-state index in [0.29, 0.717) is 87.1 Å². The highest BCUT2D eigenvalue weighted by molar-refractivity contribution is 6.21. The van der Waals surface area contributed by atoms with Crippen molar-refractivity contribution in [2.45, 2.75) is 136 Å². The third kappa shape index (κ3) is 13.0. The van der Waals surface area contributed by atoms with E-state index in [2.05, 4.69) is 20.7 Å². The molecule has 2 aliphatic heterocycles. The molecule has 4 heterocycles. The van der Waals surface area contributed by atoms with E-state index >= 15 is 0 Å². The van der Waals surface area contributed by atoms with Crippen molar-refractivity contribution in [2.75, 3.05) is 56.4 Å². The van der Waals surface area contributed by atoms with Gasteiger partial charge in [0, 0.05) is 75.8 Å². The number of rotatable bonds is 17. The van der Waals surface area contributed by atoms with Crippen molar-refractivity contribution in [3.63, 3.8) is 0 Å². The lowest BCUT2D eigenvalue weighted by Gasteiger charge is -2.36. The molecule has 0 bridgehead atoms. The van der Waals surface area contributed by atoms with Crippen molar-refractivity contribution >= 4 is 46.7 Å². The molecule has 1 saturated carbocycles. The van der Waals surface area contributed by atoms with E-state index in [0.717, 1.165) is 68.3 Å². The summed E-state index contributed by atoms with van der Waals surface area (Å²) in [5.74, 6) is 1.50. The lowest BCUT2D eigenvalue weighted by molar-refractivity contribution is 0.00992. The number of amides is 4. The molecule has 1 saturated heterocycles. The Morgan fingerprint density at radius 3 is 2.12 bits per heavy atom. The number of ether oxygens (including phenoxy) is 2. The maximum Gasteiger partial charge on any atom is 0.410 e. The number of carbonyl (C=O) groups excluding carboxylic acids is 4. The molecular formula is C49H67N9O7. The van der Waals surface area contributed by atoms with Gasteiger partial charge in [0.25, 0.3) is 11.8 Å². The number of likely N-dealkylation sites (tertiary alicyclic amines) is 1. The molecule has 0 radical (unpaired) electrons. The molecule has 4 aromatic rings. The number of hydrogen-bond acceptors (Lipinski definition) is 13. The monoisotopic (exact) mass is 894 g/mol. The summed E-state index contributed by atoms with van der Waals surface area (Å²) in [4.78, 5) is 69.3. The van der Waals surface area contributed by atoms with Crippen LogP contribution in [0.25, 0.3) is 10.9 Å². The highest BCUT2D eigenvalue weighted by Gasteiger charge is 2.35. The molecule has 65 heavy (non-hydrogen) atoms. The van der Waals surface area contributed by atoms with Gasteiger partial charge in [0.1, 0.15) is 28.5 Å². The number of aryl methyl sites for hydroxylation is 1. The van der Waals surface area contributed by atoms with E-state index in [4.69, 9.17) is 24.0 Å². The van der Waals surface area contributed by atoms with Gasteiger partial charge in [0.15, 0.2) is 0 Å². The molecule has 3 aliphatic rings. The summed E-state index contributed by atoms with van der Waals surface area (Å²) in [7, 11) is 0. The van der Waals surface area contributed by atoms with Gasteiger partial charge in [-0.1, -0.05) is 48.7 Å². The fourth-order valence-electron chi connectivity index (χ4n) is 8.80. The molecule has 2 aromatic heterocycles. The largest absolute Gasteiger partial charge is 0.444 e. The molecule has 7 rings (SSSR count). The highest BCUT2D eigenvalue weighted by atomic mass is 16.6. The summed E-state index contributed by atoms with van der Waals surface area (Å²) >= 11 is 0. The first kappa shape index (κ1) is 47.2. The average molecular weight is 894 g/mol. The van der Waals surface area contributed by atoms with Gasteiger partial charge in [-0.25, -0.2) is 14.6 Å². The fraction of sp³-hybridized carbons (Fsp3) is 0.571. The number of aromatic nitrogens is 3. The van der Waals surface area contributed by atoms with E-state index < -0.39 is 11.2 Å². The van der Waals surface area contributed by atoms with E-state index in [9.17, 15) is 19.2 Å². The van der Waals surface area contributed by atoms with Crippen LogP contribution in [-0.2, 0) is 22.4 Å². The van der Waals surface area contributed by atoms with Crippen molar-refractivity contribution in [1.82, 2.24) is 34.7 Å². The van der Waals surface area contributed by atoms with E-state index in [1.165, 1.54) is 11.3 Å². The number of para-hydroxylation sites is 1. The van der Waals surface area contributed by atoms with E-state index in [-0.39, 0.29) is 36.1 Å². The SMILES string of the molecule is CC(C)(C)OC(=O)N(CCCc1cc(CNc2nc(NC3CCN(CCN4C(=O)c5ccccc5C4=O)CC3)c3ccccc3n2)no1)CCCN(C(=O)OC(C)(C)C)C1CCCCC1. The van der Waals surface area contributed by atoms with E-state index in [1.54, 1.807) is 29.2 Å². The molecule has 2 aromatic carbocycles. The molecule has 350 valence electrons. The summed E-state index contributed by atoms with van der Waals surface area (Å²) in [5, 5.41) is 12.2. The van der Waals surface area contributed by atoms with Gasteiger partial charge in [-0.05, 0) is 104 Å². The number of nitrogens with one attached hydrogen (secondary N) is 2. The minimum atomic E-state index is -0.646. The second-order valence-corrected chi connectivity index (χ2v) is 19.5. The highest BCUT2D eigenvalue weighted by Crippen LogP contribution is 2.28. The zero-order valence-corrected chi connectivity index (χ0v) is 39.1. The lowest BCUT2D eigenvalue weighted by atomic mass is 9.94. The van der Waals surface area contributed by atoms with Crippen LogP contribution in [0.15, 0.2) is 59.1 Å². The number of imide groups is 1. The normalized spacial score (nSPS) is 16.4. The number of nitrogens with zero attached hydrogens (tertiary/aromatic N) is 7. The first-order valence-corrected chi connectivity index (χ1v) is 23.5. The minimum absolute atomic E-state index is 0.145. The Morgan fingerprint density at radius 1 is 0.785 bits per heavy atom. The van der Waals surface area contributed by atoms with Crippen molar-refractivity contribution in [1.29, 1.82) is 0 Å². The molecule has 16 heteroatoms. The van der Waals surface area contributed by atoms with Crippen LogP contribution in [-0.4, -0.2) is 128 Å². The fourth-order valence-corrected chi connectivity index (χ4v) is 8.80. The van der Waals surface area contributed by atoms with Gasteiger partial charge in [-0.2, -0.15) is 4.98 Å². The van der Waals surface area contributed by atoms with Crippen molar-refractivity contribution in [2.24, 2.45) is 0 Å². The van der Waals surface area contributed by atoms with Crippen LogP contribution >= 0.6 is 0 Å². The zero-order chi connectivity index (χ0) is 46.1. The summed E-state index contributed by atoms with van der Waals surface area (Å²) < 4.78 is 17.3. The maximum absolute atomic E-state index is 13.4. The second-order valence-electron chi connectivity index (χ2n) is 19.5. The standard InChI is InChI=1S/C49H67N9O7/c1-48(2,3)63-46(61)56(26-15-27-57(36-16-8-7-9-17-36)47(62)64-49(4,5)6)25-14-18-37-32-35(54-65-37)33-50-45-52-41-22-13-12-21-40(41)42(53-45)51-34-23-28-55(29-24-34)30-31-58-43(59)38-19-10-11-20-39(38)44(58)60/h10-13,19-22,32,34,36H,7-9,14-18,23-31,33H2,1-6H3,(H2,50,51,52,53). The molecule has 2 N–H and O–H groups in total. The van der Waals surface area contributed by atoms with Gasteiger partial charge in [-0.3, -0.25) is 14.5 Å². The number of hydrogen-bond donors (Lipinski definition) is 2. The number of fused-ring (bicyclic) bond motifs is 2. The third-order valence-electron chi connectivity index (χ3n) is 12.1. The lowest BCUT2D eigenvalue weighted by Crippen LogP contribution is -2.46. The number of benzene rings is 2. The van der Waals surface area contributed by atoms with Gasteiger partial charge in [-0.15, -0.1) is 0 Å². The Kier molecular flexibility index (Phi) is 15.3. The average Bonchev–Trinajstić information content (AvgIpc) is 3.82. The molecule has 2 fully saturated rings. The van der Waals surface area contributed by atoms with Gasteiger partial charge in [0.2, 0.25) is 5.95 Å². The van der Waals surface area contributed by atoms with Crippen LogP contribution in [0.1, 0.15) is 131 Å². The summed E-state index contributed by atoms with van der Waals surface area (Å²) in [6, 6.07) is 17.2. The van der Waals surface area contributed by atoms with Crippen LogP contribution in [0.4, 0.5) is 21.4 Å². The van der Waals surface area contributed by atoms with Gasteiger partial charge >= 0.3 is 12.2 Å². The molecular weight excluding hydrogens is 827 g/mol. The summed E-state index contributed by atoms with van der Waals surface area (Å²) in [5.41, 5.74) is 1.25. The topological polar surface area (TPSA) is 176 Å². The van der Waals surface area contributed by atoms with Crippen LogP contribution in [0.2, 0.25) is 0 Å². The predicted molar refractivity (Wildman–Crippen MR) is 249 cm³/mol. The number of carbonyl (C=O) groups is 4. The summed E-state index contributed by atoms with van der Waals surface area (Å²) in [6.07, 6.45) is 8.20. The van der Waals surface area contributed by atoms with Crippen molar-refractivity contribution < 1.29 is 33.2 Å². The Balaban J connectivity index is 0.895. The third-order valence-corrected chi connectivity index (χ3v) is 12.1. The molecule has 0 atom stereocenters. The Labute approximate surface area is 382 Å². The molecule has 1 aliphatic carbocycles. The zero-order valence-electron chi connectivity index (χ0n) is 39.1. The molecule has 0 spiro atoms. The molecule has 0 unspecified atom stereocenters. The second kappa shape index (κ2) is 21.0. The first-order chi connectivity index (χ1) is 31.1. The molecule has 16 nitrogen and oxygen atoms in total. The van der Waals surface area contributed by atoms with Crippen molar-refractivity contribution in [3.05, 3.63) is 77.2 Å². The van der Waals surface area contributed by atoms with Crippen LogP contribution in [0, 0.1) is 0 Å². The minimum Gasteiger partial charge on any atom is -0.444 e. The maximum atomic E-state index is 13.4. The van der Waals surface area contributed by atoms with Gasteiger partial charge in [0.05, 0.1) is 23.2 Å². The first-order valence-electron chi connectivity index (χ1n) is 23.5. The smallest absolute Gasteiger partial charge is 0.410 e. The Bertz CT molecular complexity index is 2240. The quantitative estimate of drug-likeness (QED) is 0.0966. The Morgan fingerprint density at radius 2 is 1.43 bits per heavy atom. The number of anilines is 2. The van der Waals surface area contributed by atoms with Gasteiger partial charge < -0.3 is 39.3 Å². The van der Waals surface area contributed by atoms with Crippen molar-refractivity contribution in [3.8, 4) is 0 Å². The van der Waals surface area contributed by atoms with Crippen LogP contribution < -0.4 is 10.6 Å². The van der Waals surface area contributed by atoms with Crippen LogP contribution in [0.5, 0.6) is 0 Å². The van der Waals surface area contributed by atoms with E-state index in [1.807, 2.05) is 76.8 Å². The van der Waals surface area contributed by atoms with Crippen LogP contribution in [0.3, 0.4) is 0 Å².